The molecule has 0 aliphatic carbocycles. The lowest BCUT2D eigenvalue weighted by atomic mass is 10.2. The van der Waals surface area contributed by atoms with Gasteiger partial charge in [-0.25, -0.2) is 12.8 Å². The minimum Gasteiger partial charge on any atom is -0.347 e. The van der Waals surface area contributed by atoms with Crippen LogP contribution in [0.15, 0.2) is 64.9 Å². The largest absolute Gasteiger partial charge is 0.347 e. The van der Waals surface area contributed by atoms with Crippen molar-refractivity contribution in [2.24, 2.45) is 0 Å². The number of amides is 1. The average Bonchev–Trinajstić information content (AvgIpc) is 3.36. The molecule has 0 unspecified atom stereocenters. The van der Waals surface area contributed by atoms with Crippen molar-refractivity contribution in [3.63, 3.8) is 0 Å². The van der Waals surface area contributed by atoms with Crippen LogP contribution in [0.5, 0.6) is 0 Å². The van der Waals surface area contributed by atoms with E-state index in [1.807, 2.05) is 29.6 Å². The Balaban J connectivity index is 1.62. The normalized spacial score (nSPS) is 13.4. The van der Waals surface area contributed by atoms with Crippen LogP contribution in [0.1, 0.15) is 20.8 Å². The van der Waals surface area contributed by atoms with Crippen LogP contribution in [-0.2, 0) is 23.0 Å². The van der Waals surface area contributed by atoms with Crippen LogP contribution < -0.4 is 9.62 Å². The number of para-hydroxylation sites is 1. The van der Waals surface area contributed by atoms with Crippen molar-refractivity contribution in [1.82, 2.24) is 5.32 Å². The molecule has 0 spiro atoms. The summed E-state index contributed by atoms with van der Waals surface area (Å²) in [5.41, 5.74) is 1.28. The summed E-state index contributed by atoms with van der Waals surface area (Å²) in [5, 5.41) is 4.51. The number of rotatable bonds is 5. The second-order valence-electron chi connectivity index (χ2n) is 6.36. The molecule has 0 saturated heterocycles. The summed E-state index contributed by atoms with van der Waals surface area (Å²) in [5.74, 6) is -1.41. The van der Waals surface area contributed by atoms with Crippen molar-refractivity contribution in [1.29, 1.82) is 0 Å². The van der Waals surface area contributed by atoms with Crippen LogP contribution in [0, 0.1) is 5.82 Å². The van der Waals surface area contributed by atoms with E-state index in [9.17, 15) is 17.6 Å². The van der Waals surface area contributed by atoms with Gasteiger partial charge in [-0.2, -0.15) is 0 Å². The fraction of sp³-hybridized carbons (Fsp3) is 0.150. The lowest BCUT2D eigenvalue weighted by molar-refractivity contribution is 0.0947. The van der Waals surface area contributed by atoms with Crippen molar-refractivity contribution in [2.45, 2.75) is 17.9 Å². The third-order valence-corrected chi connectivity index (χ3v) is 7.30. The second-order valence-corrected chi connectivity index (χ2v) is 9.25. The van der Waals surface area contributed by atoms with E-state index >= 15 is 0 Å². The van der Waals surface area contributed by atoms with Crippen LogP contribution in [0.4, 0.5) is 10.1 Å². The average molecular weight is 416 g/mol. The number of thiophene rings is 1. The van der Waals surface area contributed by atoms with Crippen LogP contribution >= 0.6 is 11.3 Å². The Labute approximate surface area is 166 Å². The molecule has 4 rings (SSSR count). The number of sulfonamides is 1. The molecule has 1 N–H and O–H groups in total. The van der Waals surface area contributed by atoms with Gasteiger partial charge >= 0.3 is 0 Å². The summed E-state index contributed by atoms with van der Waals surface area (Å²) in [6.45, 7) is 0.575. The maximum Gasteiger partial charge on any atom is 0.264 e. The Morgan fingerprint density at radius 2 is 1.96 bits per heavy atom. The molecule has 0 bridgehead atoms. The molecule has 0 radical (unpaired) electrons. The molecule has 1 aliphatic heterocycles. The lowest BCUT2D eigenvalue weighted by Gasteiger charge is -2.20. The SMILES string of the molecule is O=C(NCc1cccs1)c1cc(S(=O)(=O)N2CCc3ccccc32)ccc1F. The molecular formula is C20H17FN2O3S2. The molecule has 3 aromatic rings. The van der Waals surface area contributed by atoms with Crippen LogP contribution in [0.3, 0.4) is 0 Å². The molecule has 144 valence electrons. The van der Waals surface area contributed by atoms with Crippen molar-refractivity contribution >= 4 is 33.0 Å². The first-order chi connectivity index (χ1) is 13.5. The number of hydrogen-bond donors (Lipinski definition) is 1. The van der Waals surface area contributed by atoms with Crippen LogP contribution in [-0.4, -0.2) is 20.9 Å². The van der Waals surface area contributed by atoms with Gasteiger partial charge < -0.3 is 5.32 Å². The highest BCUT2D eigenvalue weighted by Gasteiger charge is 2.31. The lowest BCUT2D eigenvalue weighted by Crippen LogP contribution is -2.30. The van der Waals surface area contributed by atoms with Gasteiger partial charge in [0.05, 0.1) is 22.7 Å². The van der Waals surface area contributed by atoms with E-state index in [0.29, 0.717) is 18.7 Å². The zero-order chi connectivity index (χ0) is 19.7. The third kappa shape index (κ3) is 3.41. The first-order valence-electron chi connectivity index (χ1n) is 8.67. The van der Waals surface area contributed by atoms with Gasteiger partial charge in [-0.3, -0.25) is 9.10 Å². The molecule has 0 fully saturated rings. The maximum atomic E-state index is 14.2. The molecule has 1 aliphatic rings. The highest BCUT2D eigenvalue weighted by atomic mass is 32.2. The molecule has 5 nitrogen and oxygen atoms in total. The van der Waals surface area contributed by atoms with Crippen LogP contribution in [0.25, 0.3) is 0 Å². The van der Waals surface area contributed by atoms with Gasteiger partial charge in [0.2, 0.25) is 0 Å². The van der Waals surface area contributed by atoms with E-state index in [4.69, 9.17) is 0 Å². The fourth-order valence-corrected chi connectivity index (χ4v) is 5.37. The molecule has 2 aromatic carbocycles. The van der Waals surface area contributed by atoms with Gasteiger partial charge in [-0.1, -0.05) is 24.3 Å². The maximum absolute atomic E-state index is 14.2. The van der Waals surface area contributed by atoms with E-state index in [1.54, 1.807) is 12.1 Å². The first-order valence-corrected chi connectivity index (χ1v) is 11.0. The van der Waals surface area contributed by atoms with Gasteiger partial charge in [0, 0.05) is 11.4 Å². The summed E-state index contributed by atoms with van der Waals surface area (Å²) in [6.07, 6.45) is 0.616. The third-order valence-electron chi connectivity index (χ3n) is 4.62. The van der Waals surface area contributed by atoms with Crippen LogP contribution in [0.2, 0.25) is 0 Å². The molecule has 28 heavy (non-hydrogen) atoms. The number of halogens is 1. The Bertz CT molecular complexity index is 1130. The molecular weight excluding hydrogens is 399 g/mol. The van der Waals surface area contributed by atoms with E-state index in [1.165, 1.54) is 21.7 Å². The van der Waals surface area contributed by atoms with E-state index in [0.717, 1.165) is 22.6 Å². The summed E-state index contributed by atoms with van der Waals surface area (Å²) in [7, 11) is -3.89. The van der Waals surface area contributed by atoms with Gasteiger partial charge in [-0.05, 0) is 47.7 Å². The zero-order valence-electron chi connectivity index (χ0n) is 14.8. The number of fused-ring (bicyclic) bond motifs is 1. The highest BCUT2D eigenvalue weighted by Crippen LogP contribution is 2.33. The van der Waals surface area contributed by atoms with Gasteiger partial charge in [0.15, 0.2) is 0 Å². The minimum absolute atomic E-state index is 0.105. The topological polar surface area (TPSA) is 66.5 Å². The molecule has 2 heterocycles. The number of nitrogens with zero attached hydrogens (tertiary/aromatic N) is 1. The van der Waals surface area contributed by atoms with Gasteiger partial charge in [0.1, 0.15) is 5.82 Å². The van der Waals surface area contributed by atoms with E-state index in [2.05, 4.69) is 5.32 Å². The summed E-state index contributed by atoms with van der Waals surface area (Å²) in [6, 6.07) is 14.3. The number of hydrogen-bond acceptors (Lipinski definition) is 4. The molecule has 0 atom stereocenters. The molecule has 1 aromatic heterocycles. The van der Waals surface area contributed by atoms with Crippen molar-refractivity contribution in [2.75, 3.05) is 10.8 Å². The van der Waals surface area contributed by atoms with Gasteiger partial charge in [0.25, 0.3) is 15.9 Å². The monoisotopic (exact) mass is 416 g/mol. The van der Waals surface area contributed by atoms with Crippen molar-refractivity contribution in [3.8, 4) is 0 Å². The molecule has 1 amide bonds. The van der Waals surface area contributed by atoms with E-state index in [-0.39, 0.29) is 17.0 Å². The quantitative estimate of drug-likeness (QED) is 0.692. The molecule has 8 heteroatoms. The fourth-order valence-electron chi connectivity index (χ4n) is 3.20. The second kappa shape index (κ2) is 7.37. The molecule has 0 saturated carbocycles. The number of nitrogens with one attached hydrogen (secondary N) is 1. The minimum atomic E-state index is -3.89. The van der Waals surface area contributed by atoms with E-state index < -0.39 is 21.7 Å². The number of carbonyl (C=O) groups is 1. The summed E-state index contributed by atoms with van der Waals surface area (Å²) in [4.78, 5) is 13.2. The van der Waals surface area contributed by atoms with Gasteiger partial charge in [-0.15, -0.1) is 11.3 Å². The predicted molar refractivity (Wildman–Crippen MR) is 107 cm³/mol. The summed E-state index contributed by atoms with van der Waals surface area (Å²) >= 11 is 1.47. The number of carbonyl (C=O) groups excluding carboxylic acids is 1. The standard InChI is InChI=1S/C20H17FN2O3S2/c21-18-8-7-16(12-17(18)20(24)22-13-15-5-3-11-27-15)28(25,26)23-10-9-14-4-1-2-6-19(14)23/h1-8,11-12H,9-10,13H2,(H,22,24). The van der Waals surface area contributed by atoms with Crippen molar-refractivity contribution < 1.29 is 17.6 Å². The Hall–Kier alpha value is -2.71. The zero-order valence-corrected chi connectivity index (χ0v) is 16.4. The number of anilines is 1. The Morgan fingerprint density at radius 1 is 1.14 bits per heavy atom. The predicted octanol–water partition coefficient (Wildman–Crippen LogP) is 3.57. The first kappa shape index (κ1) is 18.6. The summed E-state index contributed by atoms with van der Waals surface area (Å²) < 4.78 is 41.7. The highest BCUT2D eigenvalue weighted by molar-refractivity contribution is 7.92. The Kier molecular flexibility index (Phi) is 4.91. The van der Waals surface area contributed by atoms with Crippen molar-refractivity contribution in [3.05, 3.63) is 81.8 Å². The smallest absolute Gasteiger partial charge is 0.264 e. The Morgan fingerprint density at radius 3 is 2.75 bits per heavy atom. The number of benzene rings is 2.